The number of rotatable bonds is 12. The Labute approximate surface area is 257 Å². The van der Waals surface area contributed by atoms with Crippen molar-refractivity contribution < 1.29 is 43.5 Å². The number of nitrogens with one attached hydrogen (secondary N) is 1. The molecule has 2 aromatic rings. The molecule has 228 valence electrons. The molecule has 1 heterocycles. The Kier molecular flexibility index (Phi) is 11.6. The zero-order chi connectivity index (χ0) is 30.2. The number of ether oxygens (including phenoxy) is 3. The molecule has 42 heavy (non-hydrogen) atoms. The van der Waals surface area contributed by atoms with Crippen LogP contribution in [0.25, 0.3) is 0 Å². The first-order valence-electron chi connectivity index (χ1n) is 13.8. The molecule has 2 amide bonds. The molecule has 0 aromatic heterocycles. The molecule has 2 aromatic carbocycles. The molecular weight excluding hydrogens is 662 g/mol. The number of amides is 2. The van der Waals surface area contributed by atoms with Crippen molar-refractivity contribution in [3.8, 4) is 11.5 Å². The van der Waals surface area contributed by atoms with Crippen molar-refractivity contribution in [1.29, 1.82) is 0 Å². The number of hydrogen-bond acceptors (Lipinski definition) is 8. The average Bonchev–Trinajstić information content (AvgIpc) is 3.53. The van der Waals surface area contributed by atoms with Crippen LogP contribution < -0.4 is 14.8 Å². The average molecular weight is 699 g/mol. The minimum Gasteiger partial charge on any atom is -0.493 e. The Balaban J connectivity index is 1.69. The fraction of sp³-hybridized carbons (Fsp3) is 0.467. The Hall–Kier alpha value is -2.78. The summed E-state index contributed by atoms with van der Waals surface area (Å²) in [4.78, 5) is 28.5. The lowest BCUT2D eigenvalue weighted by molar-refractivity contribution is -0.142. The van der Waals surface area contributed by atoms with E-state index in [2.05, 4.69) is 5.32 Å². The number of carbonyl (C=O) groups excluding carboxylic acids is 2. The summed E-state index contributed by atoms with van der Waals surface area (Å²) in [6.07, 6.45) is 0.136. The summed E-state index contributed by atoms with van der Waals surface area (Å²) in [5.41, 5.74) is 1.59. The van der Waals surface area contributed by atoms with Gasteiger partial charge in [0.1, 0.15) is 18.0 Å². The third kappa shape index (κ3) is 7.78. The highest BCUT2D eigenvalue weighted by Crippen LogP contribution is 2.37. The van der Waals surface area contributed by atoms with Gasteiger partial charge in [0.25, 0.3) is 0 Å². The van der Waals surface area contributed by atoms with E-state index in [4.69, 9.17) is 14.2 Å². The van der Waals surface area contributed by atoms with Crippen molar-refractivity contribution in [3.05, 3.63) is 68.6 Å². The van der Waals surface area contributed by atoms with Crippen molar-refractivity contribution >= 4 is 34.4 Å². The second-order valence-electron chi connectivity index (χ2n) is 10.3. The summed E-state index contributed by atoms with van der Waals surface area (Å²) in [5.74, 6) is -0.817. The SMILES string of the molecule is COc1cc(CO)cc(I)c1OC1C=C(C(=O)NCCO)CC(N(CCc2cccc(F)c2)C(=O)C2CCOC2)C1O. The first-order valence-corrected chi connectivity index (χ1v) is 14.9. The number of nitrogens with zero attached hydrogens (tertiary/aromatic N) is 1. The summed E-state index contributed by atoms with van der Waals surface area (Å²) in [6, 6.07) is 8.62. The number of benzene rings is 2. The zero-order valence-electron chi connectivity index (χ0n) is 23.3. The second kappa shape index (κ2) is 15.1. The molecule has 1 aliphatic carbocycles. The number of methoxy groups -OCH3 is 1. The molecule has 2 aliphatic rings. The molecule has 4 rings (SSSR count). The van der Waals surface area contributed by atoms with Gasteiger partial charge in [0.05, 0.1) is 42.5 Å². The van der Waals surface area contributed by atoms with Gasteiger partial charge in [0, 0.05) is 31.7 Å². The maximum atomic E-state index is 13.9. The van der Waals surface area contributed by atoms with Crippen molar-refractivity contribution in [2.45, 2.75) is 44.1 Å². The van der Waals surface area contributed by atoms with Crippen LogP contribution in [-0.4, -0.2) is 90.3 Å². The summed E-state index contributed by atoms with van der Waals surface area (Å²) < 4.78 is 31.8. The van der Waals surface area contributed by atoms with Gasteiger partial charge in [-0.05, 0) is 76.9 Å². The molecule has 0 bridgehead atoms. The van der Waals surface area contributed by atoms with Crippen LogP contribution in [0.15, 0.2) is 48.0 Å². The van der Waals surface area contributed by atoms with Gasteiger partial charge in [-0.3, -0.25) is 9.59 Å². The molecule has 0 saturated carbocycles. The quantitative estimate of drug-likeness (QED) is 0.247. The molecule has 1 fully saturated rings. The van der Waals surface area contributed by atoms with Gasteiger partial charge < -0.3 is 39.7 Å². The topological polar surface area (TPSA) is 138 Å². The van der Waals surface area contributed by atoms with E-state index < -0.39 is 30.1 Å². The summed E-state index contributed by atoms with van der Waals surface area (Å²) in [5, 5.41) is 33.2. The molecule has 4 N–H and O–H groups in total. The van der Waals surface area contributed by atoms with Crippen LogP contribution in [0, 0.1) is 15.3 Å². The van der Waals surface area contributed by atoms with Crippen LogP contribution in [-0.2, 0) is 27.4 Å². The molecule has 1 saturated heterocycles. The number of aliphatic hydroxyl groups is 3. The standard InChI is InChI=1S/C30H36FIN2O8/c1-40-26-13-19(16-36)12-23(32)28(26)42-25-15-21(29(38)33-7-9-35)14-24(27(25)37)34(30(39)20-6-10-41-17-20)8-5-18-3-2-4-22(31)11-18/h2-4,11-13,15,20,24-25,27,35-37H,5-10,14,16-17H2,1H3,(H,33,38). The highest BCUT2D eigenvalue weighted by Gasteiger charge is 2.42. The second-order valence-corrected chi connectivity index (χ2v) is 11.4. The van der Waals surface area contributed by atoms with E-state index in [-0.39, 0.29) is 56.6 Å². The molecule has 4 unspecified atom stereocenters. The first-order chi connectivity index (χ1) is 20.2. The Morgan fingerprint density at radius 3 is 2.69 bits per heavy atom. The van der Waals surface area contributed by atoms with Gasteiger partial charge in [-0.25, -0.2) is 4.39 Å². The lowest BCUT2D eigenvalue weighted by Crippen LogP contribution is -2.56. The predicted octanol–water partition coefficient (Wildman–Crippen LogP) is 1.95. The third-order valence-electron chi connectivity index (χ3n) is 7.43. The number of halogens is 2. The van der Waals surface area contributed by atoms with Gasteiger partial charge in [-0.2, -0.15) is 0 Å². The molecule has 0 radical (unpaired) electrons. The van der Waals surface area contributed by atoms with E-state index in [9.17, 15) is 29.3 Å². The van der Waals surface area contributed by atoms with Gasteiger partial charge >= 0.3 is 0 Å². The number of carbonyl (C=O) groups is 2. The number of aliphatic hydroxyl groups excluding tert-OH is 3. The van der Waals surface area contributed by atoms with Gasteiger partial charge in [-0.15, -0.1) is 0 Å². The zero-order valence-corrected chi connectivity index (χ0v) is 25.5. The first kappa shape index (κ1) is 32.1. The van der Waals surface area contributed by atoms with Gasteiger partial charge in [0.15, 0.2) is 11.5 Å². The molecule has 0 spiro atoms. The maximum Gasteiger partial charge on any atom is 0.247 e. The van der Waals surface area contributed by atoms with Crippen LogP contribution >= 0.6 is 22.6 Å². The van der Waals surface area contributed by atoms with E-state index in [1.807, 2.05) is 22.6 Å². The lowest BCUT2D eigenvalue weighted by Gasteiger charge is -2.41. The molecular formula is C30H36FIN2O8. The smallest absolute Gasteiger partial charge is 0.247 e. The highest BCUT2D eigenvalue weighted by molar-refractivity contribution is 14.1. The summed E-state index contributed by atoms with van der Waals surface area (Å²) in [7, 11) is 1.46. The van der Waals surface area contributed by atoms with Crippen LogP contribution in [0.2, 0.25) is 0 Å². The van der Waals surface area contributed by atoms with E-state index in [0.717, 1.165) is 0 Å². The van der Waals surface area contributed by atoms with Crippen LogP contribution in [0.5, 0.6) is 11.5 Å². The lowest BCUT2D eigenvalue weighted by atomic mass is 9.87. The Morgan fingerprint density at radius 2 is 2.02 bits per heavy atom. The van der Waals surface area contributed by atoms with Crippen LogP contribution in [0.1, 0.15) is 24.0 Å². The van der Waals surface area contributed by atoms with Gasteiger partial charge in [0.2, 0.25) is 11.8 Å². The van der Waals surface area contributed by atoms with E-state index in [1.54, 1.807) is 29.2 Å². The van der Waals surface area contributed by atoms with Crippen molar-refractivity contribution in [3.63, 3.8) is 0 Å². The van der Waals surface area contributed by atoms with E-state index in [0.29, 0.717) is 45.6 Å². The van der Waals surface area contributed by atoms with E-state index >= 15 is 0 Å². The normalized spacial score (nSPS) is 21.9. The largest absolute Gasteiger partial charge is 0.493 e. The number of hydrogen-bond donors (Lipinski definition) is 4. The van der Waals surface area contributed by atoms with Crippen LogP contribution in [0.4, 0.5) is 4.39 Å². The third-order valence-corrected chi connectivity index (χ3v) is 8.23. The Morgan fingerprint density at radius 1 is 1.21 bits per heavy atom. The van der Waals surface area contributed by atoms with Crippen molar-refractivity contribution in [1.82, 2.24) is 10.2 Å². The molecule has 1 aliphatic heterocycles. The van der Waals surface area contributed by atoms with E-state index in [1.165, 1.54) is 25.3 Å². The molecule has 10 nitrogen and oxygen atoms in total. The predicted molar refractivity (Wildman–Crippen MR) is 159 cm³/mol. The molecule has 4 atom stereocenters. The van der Waals surface area contributed by atoms with Crippen molar-refractivity contribution in [2.75, 3.05) is 40.0 Å². The van der Waals surface area contributed by atoms with Gasteiger partial charge in [-0.1, -0.05) is 12.1 Å². The molecule has 12 heteroatoms. The maximum absolute atomic E-state index is 13.9. The Bertz CT molecular complexity index is 1290. The fourth-order valence-corrected chi connectivity index (χ4v) is 6.03. The minimum absolute atomic E-state index is 0.0326. The summed E-state index contributed by atoms with van der Waals surface area (Å²) >= 11 is 2.04. The summed E-state index contributed by atoms with van der Waals surface area (Å²) in [6.45, 7) is 0.449. The monoisotopic (exact) mass is 698 g/mol. The van der Waals surface area contributed by atoms with Crippen molar-refractivity contribution in [2.24, 2.45) is 5.92 Å². The highest BCUT2D eigenvalue weighted by atomic mass is 127. The minimum atomic E-state index is -1.24. The fourth-order valence-electron chi connectivity index (χ4n) is 5.24. The van der Waals surface area contributed by atoms with Crippen LogP contribution in [0.3, 0.4) is 0 Å².